The van der Waals surface area contributed by atoms with Crippen LogP contribution in [0.15, 0.2) is 0 Å². The Balaban J connectivity index is 3.46. The van der Waals surface area contributed by atoms with Crippen molar-refractivity contribution in [2.45, 2.75) is 130 Å². The number of nitrogens with zero attached hydrogens (tertiary/aromatic N) is 1. The van der Waals surface area contributed by atoms with Crippen LogP contribution in [0.4, 0.5) is 0 Å². The minimum absolute atomic E-state index is 0.892. The molecule has 0 unspecified atom stereocenters. The van der Waals surface area contributed by atoms with Crippen LogP contribution in [0.3, 0.4) is 0 Å². The maximum Gasteiger partial charge on any atom is -0.00187 e. The van der Waals surface area contributed by atoms with Gasteiger partial charge in [0.1, 0.15) is 0 Å². The van der Waals surface area contributed by atoms with Crippen LogP contribution < -0.4 is 0 Å². The standard InChI is InChI=1S/C24H51N/c1-5-7-17-21-25(22-18-8-6-2)23-19-15-13-11-9-10-12-14-16-20-24(3)4/h24H,5-23H2,1-4H3. The van der Waals surface area contributed by atoms with Crippen molar-refractivity contribution in [2.75, 3.05) is 19.6 Å². The molecule has 0 heterocycles. The van der Waals surface area contributed by atoms with Gasteiger partial charge in [0.15, 0.2) is 0 Å². The Labute approximate surface area is 161 Å². The summed E-state index contributed by atoms with van der Waals surface area (Å²) in [6, 6.07) is 0. The van der Waals surface area contributed by atoms with Crippen LogP contribution in [-0.4, -0.2) is 24.5 Å². The van der Waals surface area contributed by atoms with Gasteiger partial charge in [-0.2, -0.15) is 0 Å². The summed E-state index contributed by atoms with van der Waals surface area (Å²) < 4.78 is 0. The molecule has 0 saturated carbocycles. The highest BCUT2D eigenvalue weighted by molar-refractivity contribution is 4.59. The van der Waals surface area contributed by atoms with E-state index in [4.69, 9.17) is 0 Å². The quantitative estimate of drug-likeness (QED) is 0.199. The molecule has 0 radical (unpaired) electrons. The molecule has 0 fully saturated rings. The van der Waals surface area contributed by atoms with Gasteiger partial charge in [-0.25, -0.2) is 0 Å². The third-order valence-electron chi connectivity index (χ3n) is 5.41. The van der Waals surface area contributed by atoms with Gasteiger partial charge in [-0.15, -0.1) is 0 Å². The van der Waals surface area contributed by atoms with Crippen LogP contribution in [0.1, 0.15) is 130 Å². The molecule has 0 rings (SSSR count). The molecule has 0 aromatic heterocycles. The molecule has 0 aromatic rings. The van der Waals surface area contributed by atoms with E-state index >= 15 is 0 Å². The van der Waals surface area contributed by atoms with Gasteiger partial charge < -0.3 is 4.90 Å². The van der Waals surface area contributed by atoms with E-state index in [1.54, 1.807) is 0 Å². The van der Waals surface area contributed by atoms with Crippen molar-refractivity contribution in [3.63, 3.8) is 0 Å². The zero-order valence-electron chi connectivity index (χ0n) is 18.5. The maximum absolute atomic E-state index is 2.75. The predicted molar refractivity (Wildman–Crippen MR) is 116 cm³/mol. The molecule has 0 aliphatic carbocycles. The minimum Gasteiger partial charge on any atom is -0.303 e. The fourth-order valence-corrected chi connectivity index (χ4v) is 3.63. The molecule has 0 aromatic carbocycles. The van der Waals surface area contributed by atoms with Gasteiger partial charge in [0, 0.05) is 0 Å². The van der Waals surface area contributed by atoms with E-state index in [2.05, 4.69) is 32.6 Å². The fourth-order valence-electron chi connectivity index (χ4n) is 3.63. The van der Waals surface area contributed by atoms with Gasteiger partial charge in [-0.05, 0) is 44.8 Å². The summed E-state index contributed by atoms with van der Waals surface area (Å²) in [7, 11) is 0. The van der Waals surface area contributed by atoms with Crippen molar-refractivity contribution >= 4 is 0 Å². The Morgan fingerprint density at radius 1 is 0.480 bits per heavy atom. The second-order valence-electron chi connectivity index (χ2n) is 8.62. The molecule has 0 N–H and O–H groups in total. The SMILES string of the molecule is CCCCCN(CCCCC)CCCCCCCCCCCC(C)C. The summed E-state index contributed by atoms with van der Waals surface area (Å²) in [5.74, 6) is 0.892. The zero-order chi connectivity index (χ0) is 18.6. The Morgan fingerprint density at radius 2 is 0.840 bits per heavy atom. The van der Waals surface area contributed by atoms with E-state index in [0.29, 0.717) is 0 Å². The summed E-state index contributed by atoms with van der Waals surface area (Å²) in [6.45, 7) is 13.3. The molecule has 25 heavy (non-hydrogen) atoms. The van der Waals surface area contributed by atoms with Crippen molar-refractivity contribution < 1.29 is 0 Å². The average molecular weight is 354 g/mol. The molecule has 1 heteroatoms. The molecule has 152 valence electrons. The number of rotatable bonds is 20. The number of hydrogen-bond donors (Lipinski definition) is 0. The summed E-state index contributed by atoms with van der Waals surface area (Å²) in [5.41, 5.74) is 0. The molecule has 0 amide bonds. The van der Waals surface area contributed by atoms with Crippen molar-refractivity contribution in [2.24, 2.45) is 5.92 Å². The van der Waals surface area contributed by atoms with Crippen LogP contribution >= 0.6 is 0 Å². The fraction of sp³-hybridized carbons (Fsp3) is 1.00. The maximum atomic E-state index is 2.75. The summed E-state index contributed by atoms with van der Waals surface area (Å²) in [4.78, 5) is 2.75. The monoisotopic (exact) mass is 353 g/mol. The van der Waals surface area contributed by atoms with Crippen molar-refractivity contribution in [1.82, 2.24) is 4.90 Å². The van der Waals surface area contributed by atoms with Gasteiger partial charge >= 0.3 is 0 Å². The zero-order valence-corrected chi connectivity index (χ0v) is 18.5. The summed E-state index contributed by atoms with van der Waals surface area (Å²) in [5, 5.41) is 0. The van der Waals surface area contributed by atoms with Crippen molar-refractivity contribution in [3.05, 3.63) is 0 Å². The topological polar surface area (TPSA) is 3.24 Å². The van der Waals surface area contributed by atoms with E-state index in [1.165, 1.54) is 122 Å². The largest absolute Gasteiger partial charge is 0.303 e. The lowest BCUT2D eigenvalue weighted by molar-refractivity contribution is 0.255. The molecule has 0 aliphatic rings. The summed E-state index contributed by atoms with van der Waals surface area (Å²) >= 11 is 0. The Hall–Kier alpha value is -0.0400. The number of unbranched alkanes of at least 4 members (excludes halogenated alkanes) is 12. The van der Waals surface area contributed by atoms with Crippen LogP contribution in [0, 0.1) is 5.92 Å². The van der Waals surface area contributed by atoms with E-state index in [-0.39, 0.29) is 0 Å². The average Bonchev–Trinajstić information content (AvgIpc) is 2.59. The van der Waals surface area contributed by atoms with E-state index in [1.807, 2.05) is 0 Å². The molecular formula is C24H51N. The lowest BCUT2D eigenvalue weighted by Crippen LogP contribution is -2.27. The first-order valence-corrected chi connectivity index (χ1v) is 11.9. The molecule has 0 saturated heterocycles. The first-order valence-electron chi connectivity index (χ1n) is 11.9. The third kappa shape index (κ3) is 20.1. The molecule has 0 bridgehead atoms. The van der Waals surface area contributed by atoms with Gasteiger partial charge in [-0.1, -0.05) is 111 Å². The normalized spacial score (nSPS) is 11.8. The van der Waals surface area contributed by atoms with Gasteiger partial charge in [0.25, 0.3) is 0 Å². The lowest BCUT2D eigenvalue weighted by Gasteiger charge is -2.22. The molecule has 0 atom stereocenters. The highest BCUT2D eigenvalue weighted by Crippen LogP contribution is 2.13. The smallest absolute Gasteiger partial charge is 0.00187 e. The van der Waals surface area contributed by atoms with Gasteiger partial charge in [-0.3, -0.25) is 0 Å². The van der Waals surface area contributed by atoms with Crippen LogP contribution in [-0.2, 0) is 0 Å². The van der Waals surface area contributed by atoms with Crippen molar-refractivity contribution in [3.8, 4) is 0 Å². The van der Waals surface area contributed by atoms with Gasteiger partial charge in [0.05, 0.1) is 0 Å². The molecule has 0 aliphatic heterocycles. The van der Waals surface area contributed by atoms with Crippen LogP contribution in [0.25, 0.3) is 0 Å². The second-order valence-corrected chi connectivity index (χ2v) is 8.62. The molecular weight excluding hydrogens is 302 g/mol. The molecule has 1 nitrogen and oxygen atoms in total. The highest BCUT2D eigenvalue weighted by atomic mass is 15.1. The first kappa shape index (κ1) is 25.0. The van der Waals surface area contributed by atoms with E-state index < -0.39 is 0 Å². The van der Waals surface area contributed by atoms with E-state index in [9.17, 15) is 0 Å². The predicted octanol–water partition coefficient (Wildman–Crippen LogP) is 8.23. The lowest BCUT2D eigenvalue weighted by atomic mass is 10.0. The highest BCUT2D eigenvalue weighted by Gasteiger charge is 2.04. The minimum atomic E-state index is 0.892. The van der Waals surface area contributed by atoms with Crippen LogP contribution in [0.5, 0.6) is 0 Å². The number of hydrogen-bond acceptors (Lipinski definition) is 1. The Bertz CT molecular complexity index is 226. The first-order chi connectivity index (χ1) is 12.2. The van der Waals surface area contributed by atoms with Crippen molar-refractivity contribution in [1.29, 1.82) is 0 Å². The van der Waals surface area contributed by atoms with Gasteiger partial charge in [0.2, 0.25) is 0 Å². The Kier molecular flexibility index (Phi) is 20.2. The third-order valence-corrected chi connectivity index (χ3v) is 5.41. The van der Waals surface area contributed by atoms with E-state index in [0.717, 1.165) is 5.92 Å². The second kappa shape index (κ2) is 20.3. The molecule has 0 spiro atoms. The Morgan fingerprint density at radius 3 is 1.24 bits per heavy atom. The summed E-state index contributed by atoms with van der Waals surface area (Å²) in [6.07, 6.45) is 22.9. The van der Waals surface area contributed by atoms with Crippen LogP contribution in [0.2, 0.25) is 0 Å².